The van der Waals surface area contributed by atoms with Gasteiger partial charge in [0, 0.05) is 26.8 Å². The van der Waals surface area contributed by atoms with Gasteiger partial charge >= 0.3 is 0 Å². The van der Waals surface area contributed by atoms with Crippen LogP contribution in [0.2, 0.25) is 0 Å². The summed E-state index contributed by atoms with van der Waals surface area (Å²) in [5.74, 6) is 1.82. The van der Waals surface area contributed by atoms with Crippen LogP contribution in [0.1, 0.15) is 13.3 Å². The van der Waals surface area contributed by atoms with E-state index >= 15 is 0 Å². The standard InChI is InChI=1S/C11H19N3O/c1-3-12-10-6-4-7-11(14-10)13-8-5-9-15-2/h4,6-7H,3,5,8-9H2,1-2H3,(H2,12,13,14). The molecule has 0 aliphatic rings. The highest BCUT2D eigenvalue weighted by atomic mass is 16.5. The van der Waals surface area contributed by atoms with Gasteiger partial charge in [0.1, 0.15) is 11.6 Å². The van der Waals surface area contributed by atoms with E-state index in [1.165, 1.54) is 0 Å². The summed E-state index contributed by atoms with van der Waals surface area (Å²) in [6, 6.07) is 5.92. The number of nitrogens with one attached hydrogen (secondary N) is 2. The van der Waals surface area contributed by atoms with Crippen molar-refractivity contribution in [3.05, 3.63) is 18.2 Å². The number of methoxy groups -OCH3 is 1. The van der Waals surface area contributed by atoms with Gasteiger partial charge in [-0.2, -0.15) is 0 Å². The third kappa shape index (κ3) is 4.65. The highest BCUT2D eigenvalue weighted by molar-refractivity contribution is 5.44. The number of aromatic nitrogens is 1. The Labute approximate surface area is 91.1 Å². The molecule has 4 heteroatoms. The maximum atomic E-state index is 4.97. The normalized spacial score (nSPS) is 10.0. The van der Waals surface area contributed by atoms with Crippen molar-refractivity contribution in [2.75, 3.05) is 37.4 Å². The zero-order chi connectivity index (χ0) is 10.9. The van der Waals surface area contributed by atoms with Crippen LogP contribution in [-0.4, -0.2) is 31.8 Å². The fraction of sp³-hybridized carbons (Fsp3) is 0.545. The van der Waals surface area contributed by atoms with Gasteiger partial charge in [0.2, 0.25) is 0 Å². The third-order valence-corrected chi connectivity index (χ3v) is 1.94. The van der Waals surface area contributed by atoms with Gasteiger partial charge in [0.15, 0.2) is 0 Å². The van der Waals surface area contributed by atoms with Gasteiger partial charge in [-0.1, -0.05) is 6.07 Å². The fourth-order valence-electron chi connectivity index (χ4n) is 1.25. The molecule has 0 fully saturated rings. The van der Waals surface area contributed by atoms with Crippen molar-refractivity contribution in [2.24, 2.45) is 0 Å². The number of nitrogens with zero attached hydrogens (tertiary/aromatic N) is 1. The van der Waals surface area contributed by atoms with Gasteiger partial charge in [0.05, 0.1) is 0 Å². The van der Waals surface area contributed by atoms with Crippen molar-refractivity contribution in [1.82, 2.24) is 4.98 Å². The summed E-state index contributed by atoms with van der Waals surface area (Å²) in [7, 11) is 1.71. The fourth-order valence-corrected chi connectivity index (χ4v) is 1.25. The molecule has 15 heavy (non-hydrogen) atoms. The SMILES string of the molecule is CCNc1cccc(NCCCOC)n1. The number of pyridine rings is 1. The van der Waals surface area contributed by atoms with Crippen LogP contribution < -0.4 is 10.6 Å². The topological polar surface area (TPSA) is 46.2 Å². The second-order valence-corrected chi connectivity index (χ2v) is 3.21. The highest BCUT2D eigenvalue weighted by Gasteiger charge is 1.95. The molecule has 1 aromatic heterocycles. The van der Waals surface area contributed by atoms with E-state index in [1.54, 1.807) is 7.11 Å². The summed E-state index contributed by atoms with van der Waals surface area (Å²) in [6.07, 6.45) is 0.990. The average molecular weight is 209 g/mol. The first-order valence-electron chi connectivity index (χ1n) is 5.30. The molecule has 0 aliphatic heterocycles. The molecule has 0 unspecified atom stereocenters. The van der Waals surface area contributed by atoms with Gasteiger partial charge in [-0.25, -0.2) is 4.98 Å². The Balaban J connectivity index is 2.36. The zero-order valence-corrected chi connectivity index (χ0v) is 9.42. The number of anilines is 2. The highest BCUT2D eigenvalue weighted by Crippen LogP contribution is 2.08. The van der Waals surface area contributed by atoms with E-state index in [0.29, 0.717) is 0 Å². The largest absolute Gasteiger partial charge is 0.385 e. The maximum Gasteiger partial charge on any atom is 0.128 e. The van der Waals surface area contributed by atoms with Crippen molar-refractivity contribution in [2.45, 2.75) is 13.3 Å². The third-order valence-electron chi connectivity index (χ3n) is 1.94. The van der Waals surface area contributed by atoms with E-state index in [9.17, 15) is 0 Å². The molecule has 0 spiro atoms. The summed E-state index contributed by atoms with van der Waals surface area (Å²) in [6.45, 7) is 4.61. The molecule has 4 nitrogen and oxygen atoms in total. The monoisotopic (exact) mass is 209 g/mol. The van der Waals surface area contributed by atoms with E-state index in [4.69, 9.17) is 4.74 Å². The first kappa shape index (κ1) is 11.8. The Hall–Kier alpha value is -1.29. The van der Waals surface area contributed by atoms with Gasteiger partial charge in [-0.3, -0.25) is 0 Å². The van der Waals surface area contributed by atoms with Crippen molar-refractivity contribution in [3.63, 3.8) is 0 Å². The molecule has 0 atom stereocenters. The Morgan fingerprint density at radius 3 is 2.67 bits per heavy atom. The molecule has 0 amide bonds. The van der Waals surface area contributed by atoms with Crippen LogP contribution in [0.25, 0.3) is 0 Å². The molecule has 1 aromatic rings. The van der Waals surface area contributed by atoms with Crippen molar-refractivity contribution < 1.29 is 4.74 Å². The lowest BCUT2D eigenvalue weighted by Crippen LogP contribution is -2.07. The van der Waals surface area contributed by atoms with E-state index in [2.05, 4.69) is 22.5 Å². The van der Waals surface area contributed by atoms with Crippen LogP contribution in [0.5, 0.6) is 0 Å². The van der Waals surface area contributed by atoms with E-state index in [1.807, 2.05) is 18.2 Å². The Morgan fingerprint density at radius 1 is 1.27 bits per heavy atom. The van der Waals surface area contributed by atoms with Crippen LogP contribution in [0.3, 0.4) is 0 Å². The smallest absolute Gasteiger partial charge is 0.128 e. The molecular weight excluding hydrogens is 190 g/mol. The number of hydrogen-bond acceptors (Lipinski definition) is 4. The maximum absolute atomic E-state index is 4.97. The van der Waals surface area contributed by atoms with Crippen LogP contribution in [0.4, 0.5) is 11.6 Å². The molecule has 1 heterocycles. The molecule has 0 saturated carbocycles. The van der Waals surface area contributed by atoms with Gasteiger partial charge < -0.3 is 15.4 Å². The van der Waals surface area contributed by atoms with Crippen LogP contribution >= 0.6 is 0 Å². The molecule has 84 valence electrons. The van der Waals surface area contributed by atoms with E-state index in [-0.39, 0.29) is 0 Å². The minimum Gasteiger partial charge on any atom is -0.385 e. The van der Waals surface area contributed by atoms with Gasteiger partial charge in [-0.15, -0.1) is 0 Å². The number of ether oxygens (including phenoxy) is 1. The Kier molecular flexibility index (Phi) is 5.55. The average Bonchev–Trinajstić information content (AvgIpc) is 2.26. The molecule has 0 saturated heterocycles. The summed E-state index contributed by atoms with van der Waals surface area (Å²) in [5.41, 5.74) is 0. The summed E-state index contributed by atoms with van der Waals surface area (Å²) in [5, 5.41) is 6.42. The summed E-state index contributed by atoms with van der Waals surface area (Å²) >= 11 is 0. The van der Waals surface area contributed by atoms with Gasteiger partial charge in [-0.05, 0) is 25.5 Å². The van der Waals surface area contributed by atoms with E-state index < -0.39 is 0 Å². The predicted molar refractivity (Wildman–Crippen MR) is 63.4 cm³/mol. The minimum atomic E-state index is 0.778. The van der Waals surface area contributed by atoms with Crippen molar-refractivity contribution in [3.8, 4) is 0 Å². The number of rotatable bonds is 7. The van der Waals surface area contributed by atoms with Crippen LogP contribution in [-0.2, 0) is 4.74 Å². The molecule has 2 N–H and O–H groups in total. The lowest BCUT2D eigenvalue weighted by molar-refractivity contribution is 0.198. The molecule has 0 bridgehead atoms. The second kappa shape index (κ2) is 7.06. The summed E-state index contributed by atoms with van der Waals surface area (Å²) in [4.78, 5) is 4.40. The molecule has 0 aromatic carbocycles. The molecule has 1 rings (SSSR count). The first-order valence-corrected chi connectivity index (χ1v) is 5.30. The minimum absolute atomic E-state index is 0.778. The predicted octanol–water partition coefficient (Wildman–Crippen LogP) is 1.96. The van der Waals surface area contributed by atoms with Crippen LogP contribution in [0, 0.1) is 0 Å². The first-order chi connectivity index (χ1) is 7.36. The Morgan fingerprint density at radius 2 is 2.00 bits per heavy atom. The summed E-state index contributed by atoms with van der Waals surface area (Å²) < 4.78 is 4.97. The zero-order valence-electron chi connectivity index (χ0n) is 9.42. The molecule has 0 aliphatic carbocycles. The van der Waals surface area contributed by atoms with E-state index in [0.717, 1.165) is 37.8 Å². The lowest BCUT2D eigenvalue weighted by atomic mass is 10.4. The lowest BCUT2D eigenvalue weighted by Gasteiger charge is -2.07. The van der Waals surface area contributed by atoms with Crippen molar-refractivity contribution in [1.29, 1.82) is 0 Å². The number of hydrogen-bond donors (Lipinski definition) is 2. The van der Waals surface area contributed by atoms with Crippen molar-refractivity contribution >= 4 is 11.6 Å². The molecule has 0 radical (unpaired) electrons. The quantitative estimate of drug-likeness (QED) is 0.674. The Bertz CT molecular complexity index is 278. The second-order valence-electron chi connectivity index (χ2n) is 3.21. The molecular formula is C11H19N3O. The van der Waals surface area contributed by atoms with Gasteiger partial charge in [0.25, 0.3) is 0 Å². The van der Waals surface area contributed by atoms with Crippen LogP contribution in [0.15, 0.2) is 18.2 Å².